The third-order valence-corrected chi connectivity index (χ3v) is 4.44. The van der Waals surface area contributed by atoms with Gasteiger partial charge in [0.1, 0.15) is 5.75 Å². The Kier molecular flexibility index (Phi) is 8.84. The highest BCUT2D eigenvalue weighted by Gasteiger charge is 2.11. The maximum absolute atomic E-state index is 12.0. The van der Waals surface area contributed by atoms with Crippen LogP contribution in [0.5, 0.6) is 5.75 Å². The molecule has 0 saturated heterocycles. The van der Waals surface area contributed by atoms with Crippen LogP contribution in [0.15, 0.2) is 48.5 Å². The molecule has 0 spiro atoms. The van der Waals surface area contributed by atoms with Gasteiger partial charge in [-0.25, -0.2) is 0 Å². The van der Waals surface area contributed by atoms with Crippen molar-refractivity contribution in [1.82, 2.24) is 16.2 Å². The fourth-order valence-corrected chi connectivity index (χ4v) is 2.76. The van der Waals surface area contributed by atoms with E-state index in [1.54, 1.807) is 0 Å². The van der Waals surface area contributed by atoms with Crippen LogP contribution in [0.2, 0.25) is 0 Å². The zero-order valence-electron chi connectivity index (χ0n) is 17.9. The van der Waals surface area contributed by atoms with Gasteiger partial charge in [0.25, 0.3) is 11.6 Å². The summed E-state index contributed by atoms with van der Waals surface area (Å²) in [4.78, 5) is 34.1. The average molecular weight is 457 g/mol. The van der Waals surface area contributed by atoms with Crippen molar-refractivity contribution < 1.29 is 19.2 Å². The molecule has 168 valence electrons. The molecule has 2 amide bonds. The van der Waals surface area contributed by atoms with Crippen molar-refractivity contribution in [2.75, 3.05) is 6.61 Å². The van der Waals surface area contributed by atoms with Crippen LogP contribution >= 0.6 is 12.2 Å². The number of nitro benzene ring substituents is 1. The van der Waals surface area contributed by atoms with Gasteiger partial charge in [-0.3, -0.25) is 35.9 Å². The van der Waals surface area contributed by atoms with E-state index in [9.17, 15) is 19.7 Å². The van der Waals surface area contributed by atoms with E-state index in [1.165, 1.54) is 36.4 Å². The number of carbonyl (C=O) groups is 2. The van der Waals surface area contributed by atoms with E-state index < -0.39 is 16.7 Å². The highest BCUT2D eigenvalue weighted by atomic mass is 32.1. The topological polar surface area (TPSA) is 123 Å². The Morgan fingerprint density at radius 1 is 1.16 bits per heavy atom. The van der Waals surface area contributed by atoms with E-state index in [1.807, 2.05) is 39.0 Å². The monoisotopic (exact) mass is 456 g/mol. The van der Waals surface area contributed by atoms with E-state index in [2.05, 4.69) is 16.2 Å². The largest absolute Gasteiger partial charge is 0.483 e. The Labute approximate surface area is 191 Å². The number of thiocarbonyl (C=S) groups is 1. The number of ether oxygens (including phenoxy) is 1. The maximum atomic E-state index is 12.0. The third kappa shape index (κ3) is 7.80. The Hall–Kier alpha value is -3.79. The summed E-state index contributed by atoms with van der Waals surface area (Å²) in [6.07, 6.45) is 2.69. The molecule has 0 atom stereocenters. The molecule has 3 N–H and O–H groups in total. The van der Waals surface area contributed by atoms with Crippen LogP contribution in [0.25, 0.3) is 6.08 Å². The normalized spacial score (nSPS) is 10.6. The van der Waals surface area contributed by atoms with Crippen molar-refractivity contribution in [2.24, 2.45) is 0 Å². The van der Waals surface area contributed by atoms with Gasteiger partial charge in [0.15, 0.2) is 11.7 Å². The van der Waals surface area contributed by atoms with Crippen molar-refractivity contribution >= 4 is 40.9 Å². The lowest BCUT2D eigenvalue weighted by molar-refractivity contribution is -0.384. The predicted octanol–water partition coefficient (Wildman–Crippen LogP) is 3.14. The second-order valence-corrected chi connectivity index (χ2v) is 7.57. The minimum atomic E-state index is -0.535. The van der Waals surface area contributed by atoms with Gasteiger partial charge in [-0.15, -0.1) is 0 Å². The standard InChI is InChI=1S/C22H24N4O5S/c1-14(2)18-10-4-15(3)12-19(18)31-13-21(28)24-25-22(32)23-20(27)11-7-16-5-8-17(9-6-16)26(29)30/h4-12,14H,13H2,1-3H3,(H,24,28)(H2,23,25,27,32)/b11-7+. The van der Waals surface area contributed by atoms with Crippen LogP contribution in [-0.4, -0.2) is 28.5 Å². The van der Waals surface area contributed by atoms with E-state index in [4.69, 9.17) is 17.0 Å². The minimum Gasteiger partial charge on any atom is -0.483 e. The number of aryl methyl sites for hydroxylation is 1. The Balaban J connectivity index is 1.77. The molecule has 0 unspecified atom stereocenters. The van der Waals surface area contributed by atoms with E-state index in [0.717, 1.165) is 11.1 Å². The van der Waals surface area contributed by atoms with E-state index in [-0.39, 0.29) is 23.3 Å². The molecular weight excluding hydrogens is 432 g/mol. The molecule has 10 heteroatoms. The maximum Gasteiger partial charge on any atom is 0.276 e. The number of rotatable bonds is 7. The summed E-state index contributed by atoms with van der Waals surface area (Å²) in [7, 11) is 0. The number of hydrogen-bond donors (Lipinski definition) is 3. The second kappa shape index (κ2) is 11.6. The fraction of sp³-hybridized carbons (Fsp3) is 0.227. The second-order valence-electron chi connectivity index (χ2n) is 7.16. The van der Waals surface area contributed by atoms with Crippen LogP contribution < -0.4 is 20.9 Å². The summed E-state index contributed by atoms with van der Waals surface area (Å²) in [6.45, 7) is 5.79. The van der Waals surface area contributed by atoms with Crippen LogP contribution in [0.3, 0.4) is 0 Å². The molecule has 0 aliphatic rings. The first-order chi connectivity index (χ1) is 15.2. The predicted molar refractivity (Wildman–Crippen MR) is 125 cm³/mol. The number of amides is 2. The molecular formula is C22H24N4O5S. The molecule has 0 aliphatic heterocycles. The van der Waals surface area contributed by atoms with Gasteiger partial charge in [0, 0.05) is 18.2 Å². The zero-order chi connectivity index (χ0) is 23.7. The molecule has 2 aromatic carbocycles. The molecule has 0 bridgehead atoms. The van der Waals surface area contributed by atoms with Crippen molar-refractivity contribution in [3.8, 4) is 5.75 Å². The van der Waals surface area contributed by atoms with Gasteiger partial charge in [-0.05, 0) is 66.0 Å². The third-order valence-electron chi connectivity index (χ3n) is 4.23. The first-order valence-corrected chi connectivity index (χ1v) is 10.1. The molecule has 0 aromatic heterocycles. The number of nitro groups is 1. The highest BCUT2D eigenvalue weighted by Crippen LogP contribution is 2.27. The number of benzene rings is 2. The molecule has 0 fully saturated rings. The van der Waals surface area contributed by atoms with Gasteiger partial charge < -0.3 is 4.74 Å². The Morgan fingerprint density at radius 3 is 2.47 bits per heavy atom. The number of hydrazine groups is 1. The molecule has 2 aromatic rings. The Bertz CT molecular complexity index is 1040. The summed E-state index contributed by atoms with van der Waals surface area (Å²) in [5, 5.41) is 12.9. The van der Waals surface area contributed by atoms with Gasteiger partial charge in [0.05, 0.1) is 4.92 Å². The van der Waals surface area contributed by atoms with Crippen LogP contribution in [0.4, 0.5) is 5.69 Å². The molecule has 0 radical (unpaired) electrons. The van der Waals surface area contributed by atoms with Gasteiger partial charge in [-0.1, -0.05) is 26.0 Å². The molecule has 9 nitrogen and oxygen atoms in total. The smallest absolute Gasteiger partial charge is 0.276 e. The number of nitrogens with zero attached hydrogens (tertiary/aromatic N) is 1. The number of hydrogen-bond acceptors (Lipinski definition) is 6. The minimum absolute atomic E-state index is 0.0421. The van der Waals surface area contributed by atoms with Gasteiger partial charge >= 0.3 is 0 Å². The van der Waals surface area contributed by atoms with Crippen molar-refractivity contribution in [3.05, 3.63) is 75.3 Å². The van der Waals surface area contributed by atoms with E-state index in [0.29, 0.717) is 11.3 Å². The fourth-order valence-electron chi connectivity index (χ4n) is 2.61. The first-order valence-electron chi connectivity index (χ1n) is 9.71. The lowest BCUT2D eigenvalue weighted by Crippen LogP contribution is -2.49. The van der Waals surface area contributed by atoms with Crippen molar-refractivity contribution in [3.63, 3.8) is 0 Å². The van der Waals surface area contributed by atoms with Crippen LogP contribution in [0.1, 0.15) is 36.5 Å². The zero-order valence-corrected chi connectivity index (χ0v) is 18.7. The molecule has 32 heavy (non-hydrogen) atoms. The summed E-state index contributed by atoms with van der Waals surface area (Å²) in [6, 6.07) is 11.5. The SMILES string of the molecule is Cc1ccc(C(C)C)c(OCC(=O)NNC(=S)NC(=O)/C=C/c2ccc([N+](=O)[O-])cc2)c1. The molecule has 0 heterocycles. The molecule has 0 aliphatic carbocycles. The van der Waals surface area contributed by atoms with E-state index >= 15 is 0 Å². The summed E-state index contributed by atoms with van der Waals surface area (Å²) in [5.41, 5.74) is 7.36. The van der Waals surface area contributed by atoms with Gasteiger partial charge in [-0.2, -0.15) is 0 Å². The number of non-ortho nitro benzene ring substituents is 1. The number of carbonyl (C=O) groups excluding carboxylic acids is 2. The highest BCUT2D eigenvalue weighted by molar-refractivity contribution is 7.80. The lowest BCUT2D eigenvalue weighted by atomic mass is 10.0. The summed E-state index contributed by atoms with van der Waals surface area (Å²) >= 11 is 4.97. The van der Waals surface area contributed by atoms with Crippen molar-refractivity contribution in [2.45, 2.75) is 26.7 Å². The average Bonchev–Trinajstić information content (AvgIpc) is 2.75. The van der Waals surface area contributed by atoms with Gasteiger partial charge in [0.2, 0.25) is 5.91 Å². The summed E-state index contributed by atoms with van der Waals surface area (Å²) < 4.78 is 5.63. The van der Waals surface area contributed by atoms with Crippen molar-refractivity contribution in [1.29, 1.82) is 0 Å². The van der Waals surface area contributed by atoms with Crippen LogP contribution in [0, 0.1) is 17.0 Å². The van der Waals surface area contributed by atoms with Crippen LogP contribution in [-0.2, 0) is 9.59 Å². The first kappa shape index (κ1) is 24.5. The lowest BCUT2D eigenvalue weighted by Gasteiger charge is -2.15. The number of nitrogens with one attached hydrogen (secondary N) is 3. The summed E-state index contributed by atoms with van der Waals surface area (Å²) in [5.74, 6) is -0.122. The molecule has 0 saturated carbocycles. The Morgan fingerprint density at radius 2 is 1.84 bits per heavy atom. The quantitative estimate of drug-likeness (QED) is 0.253. The molecule has 2 rings (SSSR count).